The van der Waals surface area contributed by atoms with E-state index in [2.05, 4.69) is 16.0 Å². The second-order valence-electron chi connectivity index (χ2n) is 3.37. The Labute approximate surface area is 98.2 Å². The predicted octanol–water partition coefficient (Wildman–Crippen LogP) is -0.305. The number of benzene rings is 1. The van der Waals surface area contributed by atoms with Crippen LogP contribution in [0.5, 0.6) is 0 Å². The van der Waals surface area contributed by atoms with Crippen LogP contribution in [0, 0.1) is 11.3 Å². The van der Waals surface area contributed by atoms with Gasteiger partial charge in [0.1, 0.15) is 0 Å². The van der Waals surface area contributed by atoms with Crippen LogP contribution in [0.25, 0.3) is 11.4 Å². The molecule has 17 heavy (non-hydrogen) atoms. The van der Waals surface area contributed by atoms with Crippen molar-refractivity contribution in [3.05, 3.63) is 42.2 Å². The van der Waals surface area contributed by atoms with E-state index in [0.717, 1.165) is 0 Å². The number of nitriles is 1. The summed E-state index contributed by atoms with van der Waals surface area (Å²) in [4.78, 5) is 7.99. The van der Waals surface area contributed by atoms with Crippen molar-refractivity contribution in [1.29, 1.82) is 5.26 Å². The molecule has 5 nitrogen and oxygen atoms in total. The zero-order valence-electron chi connectivity index (χ0n) is 8.78. The van der Waals surface area contributed by atoms with E-state index in [-0.39, 0.29) is 5.46 Å². The molecule has 0 aliphatic carbocycles. The number of hydrogen-bond donors (Lipinski definition) is 2. The van der Waals surface area contributed by atoms with Crippen LogP contribution in [0.1, 0.15) is 5.56 Å². The Morgan fingerprint density at radius 2 is 1.76 bits per heavy atom. The van der Waals surface area contributed by atoms with Crippen molar-refractivity contribution < 1.29 is 10.0 Å². The van der Waals surface area contributed by atoms with Crippen LogP contribution in [0.3, 0.4) is 0 Å². The molecule has 2 N–H and O–H groups in total. The molecule has 0 radical (unpaired) electrons. The summed E-state index contributed by atoms with van der Waals surface area (Å²) in [7, 11) is -1.59. The van der Waals surface area contributed by atoms with E-state index >= 15 is 0 Å². The molecule has 1 aromatic heterocycles. The maximum atomic E-state index is 8.94. The lowest BCUT2D eigenvalue weighted by atomic mass is 9.83. The summed E-state index contributed by atoms with van der Waals surface area (Å²) in [5.74, 6) is 0.381. The molecule has 1 aromatic carbocycles. The normalized spacial score (nSPS) is 9.71. The highest BCUT2D eigenvalue weighted by atomic mass is 16.4. The van der Waals surface area contributed by atoms with E-state index in [1.165, 1.54) is 12.4 Å². The van der Waals surface area contributed by atoms with E-state index in [0.29, 0.717) is 17.0 Å². The average Bonchev–Trinajstić information content (AvgIpc) is 2.39. The molecule has 0 aliphatic rings. The first-order valence-corrected chi connectivity index (χ1v) is 4.90. The molecule has 0 aliphatic heterocycles. The minimum atomic E-state index is -1.59. The van der Waals surface area contributed by atoms with Gasteiger partial charge in [-0.25, -0.2) is 9.97 Å². The van der Waals surface area contributed by atoms with E-state index < -0.39 is 7.12 Å². The number of hydrogen-bond acceptors (Lipinski definition) is 5. The first kappa shape index (κ1) is 11.3. The van der Waals surface area contributed by atoms with Gasteiger partial charge in [0.2, 0.25) is 0 Å². The fourth-order valence-corrected chi connectivity index (χ4v) is 1.39. The molecule has 0 amide bonds. The van der Waals surface area contributed by atoms with Crippen molar-refractivity contribution in [3.63, 3.8) is 0 Å². The van der Waals surface area contributed by atoms with Crippen molar-refractivity contribution in [2.45, 2.75) is 0 Å². The van der Waals surface area contributed by atoms with E-state index in [1.54, 1.807) is 24.3 Å². The Bertz CT molecular complexity index is 564. The summed E-state index contributed by atoms with van der Waals surface area (Å²) in [5.41, 5.74) is 1.31. The summed E-state index contributed by atoms with van der Waals surface area (Å²) >= 11 is 0. The van der Waals surface area contributed by atoms with Gasteiger partial charge in [-0.05, 0) is 12.1 Å². The van der Waals surface area contributed by atoms with Gasteiger partial charge in [-0.15, -0.1) is 0 Å². The topological polar surface area (TPSA) is 90.0 Å². The maximum absolute atomic E-state index is 8.94. The third-order valence-electron chi connectivity index (χ3n) is 2.26. The predicted molar refractivity (Wildman–Crippen MR) is 62.0 cm³/mol. The van der Waals surface area contributed by atoms with Gasteiger partial charge in [-0.2, -0.15) is 5.26 Å². The molecule has 2 aromatic rings. The molecule has 0 atom stereocenters. The Hall–Kier alpha value is -2.23. The molecule has 0 spiro atoms. The fourth-order valence-electron chi connectivity index (χ4n) is 1.39. The smallest absolute Gasteiger partial charge is 0.423 e. The van der Waals surface area contributed by atoms with Crippen LogP contribution in [0.4, 0.5) is 0 Å². The molecule has 0 saturated heterocycles. The van der Waals surface area contributed by atoms with Crippen molar-refractivity contribution >= 4 is 12.6 Å². The highest BCUT2D eigenvalue weighted by Crippen LogP contribution is 2.17. The minimum absolute atomic E-state index is 0.211. The van der Waals surface area contributed by atoms with Gasteiger partial charge in [-0.1, -0.05) is 12.1 Å². The lowest BCUT2D eigenvalue weighted by Gasteiger charge is -2.03. The molecule has 2 rings (SSSR count). The first-order chi connectivity index (χ1) is 8.22. The summed E-state index contributed by atoms with van der Waals surface area (Å²) in [6.07, 6.45) is 2.64. The number of rotatable bonds is 2. The Kier molecular flexibility index (Phi) is 3.14. The molecule has 0 bridgehead atoms. The minimum Gasteiger partial charge on any atom is -0.423 e. The SMILES string of the molecule is N#Cc1ccccc1-c1ncc(B(O)O)cn1. The molecule has 1 heterocycles. The number of nitrogens with zero attached hydrogens (tertiary/aromatic N) is 3. The second kappa shape index (κ2) is 4.74. The molecule has 0 saturated carbocycles. The van der Waals surface area contributed by atoms with E-state index in [4.69, 9.17) is 15.3 Å². The van der Waals surface area contributed by atoms with Gasteiger partial charge in [0.25, 0.3) is 0 Å². The molecule has 0 fully saturated rings. The van der Waals surface area contributed by atoms with Gasteiger partial charge >= 0.3 is 7.12 Å². The van der Waals surface area contributed by atoms with Crippen molar-refractivity contribution in [1.82, 2.24) is 9.97 Å². The molecule has 82 valence electrons. The summed E-state index contributed by atoms with van der Waals surface area (Å²) in [6.45, 7) is 0. The Balaban J connectivity index is 2.44. The van der Waals surface area contributed by atoms with Gasteiger partial charge in [0.15, 0.2) is 5.82 Å². The van der Waals surface area contributed by atoms with Crippen LogP contribution in [-0.2, 0) is 0 Å². The first-order valence-electron chi connectivity index (χ1n) is 4.90. The standard InChI is InChI=1S/C11H8BN3O2/c13-5-8-3-1-2-4-10(8)11-14-6-9(7-15-11)12(16)17/h1-4,6-7,16-17H. The van der Waals surface area contributed by atoms with Gasteiger partial charge in [0.05, 0.1) is 11.6 Å². The van der Waals surface area contributed by atoms with Crippen LogP contribution < -0.4 is 5.46 Å². The summed E-state index contributed by atoms with van der Waals surface area (Å²) in [6, 6.07) is 9.01. The van der Waals surface area contributed by atoms with E-state index in [9.17, 15) is 0 Å². The molecule has 0 unspecified atom stereocenters. The third kappa shape index (κ3) is 2.31. The van der Waals surface area contributed by atoms with Gasteiger partial charge < -0.3 is 10.0 Å². The molecular weight excluding hydrogens is 217 g/mol. The van der Waals surface area contributed by atoms with Crippen molar-refractivity contribution in [2.24, 2.45) is 0 Å². The Morgan fingerprint density at radius 3 is 2.35 bits per heavy atom. The number of aromatic nitrogens is 2. The van der Waals surface area contributed by atoms with Crippen LogP contribution in [0.2, 0.25) is 0 Å². The molecular formula is C11H8BN3O2. The van der Waals surface area contributed by atoms with Crippen LogP contribution in [0.15, 0.2) is 36.7 Å². The monoisotopic (exact) mass is 225 g/mol. The highest BCUT2D eigenvalue weighted by Gasteiger charge is 2.13. The highest BCUT2D eigenvalue weighted by molar-refractivity contribution is 6.58. The maximum Gasteiger partial charge on any atom is 0.491 e. The third-order valence-corrected chi connectivity index (χ3v) is 2.26. The molecule has 6 heteroatoms. The zero-order chi connectivity index (χ0) is 12.3. The summed E-state index contributed by atoms with van der Waals surface area (Å²) in [5, 5.41) is 26.8. The van der Waals surface area contributed by atoms with Crippen LogP contribution in [-0.4, -0.2) is 27.1 Å². The van der Waals surface area contributed by atoms with Crippen LogP contribution >= 0.6 is 0 Å². The largest absolute Gasteiger partial charge is 0.491 e. The van der Waals surface area contributed by atoms with E-state index in [1.807, 2.05) is 0 Å². The van der Waals surface area contributed by atoms with Gasteiger partial charge in [-0.3, -0.25) is 0 Å². The zero-order valence-corrected chi connectivity index (χ0v) is 8.78. The second-order valence-corrected chi connectivity index (χ2v) is 3.37. The Morgan fingerprint density at radius 1 is 1.12 bits per heavy atom. The fraction of sp³-hybridized carbons (Fsp3) is 0. The lowest BCUT2D eigenvalue weighted by Crippen LogP contribution is -2.30. The average molecular weight is 225 g/mol. The lowest BCUT2D eigenvalue weighted by molar-refractivity contribution is 0.425. The summed E-state index contributed by atoms with van der Waals surface area (Å²) < 4.78 is 0. The quantitative estimate of drug-likeness (QED) is 0.684. The van der Waals surface area contributed by atoms with Gasteiger partial charge in [0, 0.05) is 23.4 Å². The van der Waals surface area contributed by atoms with Crippen molar-refractivity contribution in [3.8, 4) is 17.5 Å². The van der Waals surface area contributed by atoms with Crippen molar-refractivity contribution in [2.75, 3.05) is 0 Å².